The van der Waals surface area contributed by atoms with Crippen LogP contribution in [0.1, 0.15) is 13.3 Å². The molecule has 0 saturated carbocycles. The molecule has 0 bridgehead atoms. The normalized spacial score (nSPS) is 10.2. The minimum Gasteiger partial charge on any atom is -0.291 e. The molecule has 0 aliphatic heterocycles. The fourth-order valence-corrected chi connectivity index (χ4v) is 1.11. The number of H-pyrrole nitrogens is 1. The maximum absolute atomic E-state index is 10.8. The molecule has 0 aliphatic rings. The summed E-state index contributed by atoms with van der Waals surface area (Å²) in [6, 6.07) is 0. The van der Waals surface area contributed by atoms with Crippen molar-refractivity contribution in [2.24, 2.45) is 0 Å². The predicted octanol–water partition coefficient (Wildman–Crippen LogP) is 1.35. The van der Waals surface area contributed by atoms with Crippen molar-refractivity contribution < 1.29 is 0 Å². The molecular formula is C6H9BrN2O. The fourth-order valence-electron chi connectivity index (χ4n) is 0.773. The summed E-state index contributed by atoms with van der Waals surface area (Å²) >= 11 is 3.12. The van der Waals surface area contributed by atoms with Gasteiger partial charge in [0.25, 0.3) is 5.56 Å². The summed E-state index contributed by atoms with van der Waals surface area (Å²) in [7, 11) is 0. The van der Waals surface area contributed by atoms with Crippen molar-refractivity contribution in [2.45, 2.75) is 19.9 Å². The molecule has 4 heteroatoms. The van der Waals surface area contributed by atoms with E-state index in [0.717, 1.165) is 13.0 Å². The molecule has 0 aliphatic carbocycles. The van der Waals surface area contributed by atoms with Crippen molar-refractivity contribution in [1.82, 2.24) is 9.78 Å². The van der Waals surface area contributed by atoms with E-state index in [1.54, 1.807) is 10.9 Å². The van der Waals surface area contributed by atoms with Crippen molar-refractivity contribution in [1.29, 1.82) is 0 Å². The number of hydrogen-bond donors (Lipinski definition) is 1. The number of aromatic nitrogens is 2. The zero-order valence-corrected chi connectivity index (χ0v) is 7.31. The Morgan fingerprint density at radius 3 is 2.90 bits per heavy atom. The molecule has 3 nitrogen and oxygen atoms in total. The van der Waals surface area contributed by atoms with Crippen molar-refractivity contribution in [3.8, 4) is 0 Å². The quantitative estimate of drug-likeness (QED) is 0.777. The summed E-state index contributed by atoms with van der Waals surface area (Å²) in [5.41, 5.74) is -0.0616. The van der Waals surface area contributed by atoms with Crippen LogP contribution in [0, 0.1) is 0 Å². The first kappa shape index (κ1) is 7.60. The molecule has 1 heterocycles. The second-order valence-corrected chi connectivity index (χ2v) is 2.97. The Bertz CT molecular complexity index is 263. The van der Waals surface area contributed by atoms with E-state index in [4.69, 9.17) is 0 Å². The maximum Gasteiger partial charge on any atom is 0.278 e. The highest BCUT2D eigenvalue weighted by Crippen LogP contribution is 2.00. The van der Waals surface area contributed by atoms with Gasteiger partial charge in [0.2, 0.25) is 0 Å². The van der Waals surface area contributed by atoms with E-state index in [-0.39, 0.29) is 5.56 Å². The summed E-state index contributed by atoms with van der Waals surface area (Å²) in [5, 5.41) is 2.66. The highest BCUT2D eigenvalue weighted by atomic mass is 79.9. The van der Waals surface area contributed by atoms with Crippen LogP contribution in [0.4, 0.5) is 0 Å². The van der Waals surface area contributed by atoms with Crippen LogP contribution in [0.5, 0.6) is 0 Å². The number of hydrogen-bond acceptors (Lipinski definition) is 1. The van der Waals surface area contributed by atoms with Gasteiger partial charge in [-0.05, 0) is 22.4 Å². The number of rotatable bonds is 2. The lowest BCUT2D eigenvalue weighted by Crippen LogP contribution is -2.05. The predicted molar refractivity (Wildman–Crippen MR) is 43.0 cm³/mol. The van der Waals surface area contributed by atoms with Crippen LogP contribution in [-0.4, -0.2) is 9.78 Å². The van der Waals surface area contributed by atoms with Crippen LogP contribution in [0.25, 0.3) is 0 Å². The van der Waals surface area contributed by atoms with E-state index >= 15 is 0 Å². The van der Waals surface area contributed by atoms with Crippen LogP contribution < -0.4 is 5.56 Å². The van der Waals surface area contributed by atoms with E-state index < -0.39 is 0 Å². The van der Waals surface area contributed by atoms with Crippen molar-refractivity contribution in [2.75, 3.05) is 0 Å². The van der Waals surface area contributed by atoms with E-state index in [1.165, 1.54) is 0 Å². The second kappa shape index (κ2) is 3.05. The van der Waals surface area contributed by atoms with Gasteiger partial charge in [0, 0.05) is 12.7 Å². The van der Waals surface area contributed by atoms with Gasteiger partial charge in [0.05, 0.1) is 0 Å². The fraction of sp³-hybridized carbons (Fsp3) is 0.500. The third kappa shape index (κ3) is 1.50. The van der Waals surface area contributed by atoms with Gasteiger partial charge in [-0.1, -0.05) is 6.92 Å². The largest absolute Gasteiger partial charge is 0.291 e. The first-order valence-corrected chi connectivity index (χ1v) is 3.98. The molecule has 0 spiro atoms. The standard InChI is InChI=1S/C6H9BrN2O/c1-2-3-9-4-5(7)6(10)8-9/h4H,2-3H2,1H3,(H,8,10). The number of aryl methyl sites for hydroxylation is 1. The molecule has 1 aromatic rings. The molecule has 56 valence electrons. The first-order chi connectivity index (χ1) is 4.74. The molecule has 10 heavy (non-hydrogen) atoms. The van der Waals surface area contributed by atoms with Crippen LogP contribution in [0.2, 0.25) is 0 Å². The molecule has 0 unspecified atom stereocenters. The summed E-state index contributed by atoms with van der Waals surface area (Å²) in [6.07, 6.45) is 2.78. The molecular weight excluding hydrogens is 196 g/mol. The van der Waals surface area contributed by atoms with Crippen LogP contribution in [0.15, 0.2) is 15.5 Å². The second-order valence-electron chi connectivity index (χ2n) is 2.11. The molecule has 1 aromatic heterocycles. The molecule has 0 amide bonds. The van der Waals surface area contributed by atoms with E-state index in [2.05, 4.69) is 28.0 Å². The smallest absolute Gasteiger partial charge is 0.278 e. The monoisotopic (exact) mass is 204 g/mol. The zero-order valence-electron chi connectivity index (χ0n) is 5.72. The Morgan fingerprint density at radius 1 is 1.80 bits per heavy atom. The van der Waals surface area contributed by atoms with Gasteiger partial charge < -0.3 is 0 Å². The summed E-state index contributed by atoms with van der Waals surface area (Å²) < 4.78 is 2.37. The first-order valence-electron chi connectivity index (χ1n) is 3.19. The highest BCUT2D eigenvalue weighted by Gasteiger charge is 1.96. The Kier molecular flexibility index (Phi) is 2.32. The minimum atomic E-state index is -0.0616. The topological polar surface area (TPSA) is 37.8 Å². The molecule has 0 fully saturated rings. The number of halogens is 1. The van der Waals surface area contributed by atoms with Gasteiger partial charge in [-0.2, -0.15) is 0 Å². The number of aromatic amines is 1. The molecule has 1 N–H and O–H groups in total. The van der Waals surface area contributed by atoms with Crippen molar-refractivity contribution in [3.05, 3.63) is 21.0 Å². The van der Waals surface area contributed by atoms with Crippen molar-refractivity contribution >= 4 is 15.9 Å². The Morgan fingerprint density at radius 2 is 2.50 bits per heavy atom. The van der Waals surface area contributed by atoms with E-state index in [9.17, 15) is 4.79 Å². The summed E-state index contributed by atoms with van der Waals surface area (Å²) in [6.45, 7) is 2.92. The summed E-state index contributed by atoms with van der Waals surface area (Å²) in [4.78, 5) is 10.8. The number of nitrogens with one attached hydrogen (secondary N) is 1. The van der Waals surface area contributed by atoms with E-state index in [0.29, 0.717) is 4.47 Å². The average molecular weight is 205 g/mol. The Hall–Kier alpha value is -0.510. The van der Waals surface area contributed by atoms with E-state index in [1.807, 2.05) is 0 Å². The molecule has 0 radical (unpaired) electrons. The average Bonchev–Trinajstić information content (AvgIpc) is 2.14. The van der Waals surface area contributed by atoms with Crippen molar-refractivity contribution in [3.63, 3.8) is 0 Å². The van der Waals surface area contributed by atoms with Crippen LogP contribution in [0.3, 0.4) is 0 Å². The van der Waals surface area contributed by atoms with Gasteiger partial charge >= 0.3 is 0 Å². The molecule has 1 rings (SSSR count). The molecule has 0 saturated heterocycles. The Labute approximate surface area is 67.2 Å². The minimum absolute atomic E-state index is 0.0616. The highest BCUT2D eigenvalue weighted by molar-refractivity contribution is 9.10. The molecule has 0 aromatic carbocycles. The van der Waals surface area contributed by atoms with Crippen LogP contribution in [-0.2, 0) is 6.54 Å². The van der Waals surface area contributed by atoms with Gasteiger partial charge in [-0.15, -0.1) is 0 Å². The third-order valence-electron chi connectivity index (χ3n) is 1.20. The third-order valence-corrected chi connectivity index (χ3v) is 1.76. The van der Waals surface area contributed by atoms with Gasteiger partial charge in [0.1, 0.15) is 4.47 Å². The zero-order chi connectivity index (χ0) is 7.56. The summed E-state index contributed by atoms with van der Waals surface area (Å²) in [5.74, 6) is 0. The Balaban J connectivity index is 2.88. The lowest BCUT2D eigenvalue weighted by molar-refractivity contribution is 0.597. The lowest BCUT2D eigenvalue weighted by atomic mass is 10.5. The molecule has 0 atom stereocenters. The number of nitrogens with zero attached hydrogens (tertiary/aromatic N) is 1. The SMILES string of the molecule is CCCn1cc(Br)c(=O)[nH]1. The maximum atomic E-state index is 10.8. The lowest BCUT2D eigenvalue weighted by Gasteiger charge is -1.94. The van der Waals surface area contributed by atoms with Gasteiger partial charge in [0.15, 0.2) is 0 Å². The van der Waals surface area contributed by atoms with Gasteiger partial charge in [-0.25, -0.2) is 0 Å². The van der Waals surface area contributed by atoms with Gasteiger partial charge in [-0.3, -0.25) is 14.6 Å². The van der Waals surface area contributed by atoms with Crippen LogP contribution >= 0.6 is 15.9 Å².